The van der Waals surface area contributed by atoms with E-state index in [-0.39, 0.29) is 0 Å². The molecule has 0 fully saturated rings. The van der Waals surface area contributed by atoms with Gasteiger partial charge in [0.1, 0.15) is 5.54 Å². The predicted octanol–water partition coefficient (Wildman–Crippen LogP) is 0.417. The highest BCUT2D eigenvalue weighted by Crippen LogP contribution is 2.29. The van der Waals surface area contributed by atoms with Gasteiger partial charge in [0.2, 0.25) is 0 Å². The van der Waals surface area contributed by atoms with E-state index in [9.17, 15) is 13.2 Å². The number of halogens is 3. The first-order chi connectivity index (χ1) is 4.87. The van der Waals surface area contributed by atoms with E-state index in [1.807, 2.05) is 0 Å². The number of ether oxygens (including phenoxy) is 1. The van der Waals surface area contributed by atoms with Crippen LogP contribution in [0, 0.1) is 0 Å². The second kappa shape index (κ2) is 3.38. The monoisotopic (exact) mass is 172 g/mol. The van der Waals surface area contributed by atoms with Gasteiger partial charge in [-0.2, -0.15) is 13.2 Å². The fourth-order valence-corrected chi connectivity index (χ4v) is 0.494. The zero-order chi connectivity index (χ0) is 9.12. The first kappa shape index (κ1) is 10.7. The Bertz CT molecular complexity index is 127. The van der Waals surface area contributed by atoms with Gasteiger partial charge in [-0.3, -0.25) is 5.84 Å². The van der Waals surface area contributed by atoms with Crippen LogP contribution < -0.4 is 11.3 Å². The van der Waals surface area contributed by atoms with E-state index >= 15 is 0 Å². The SMILES string of the molecule is COCC(C)(NN)C(F)(F)F. The molecule has 0 aromatic rings. The van der Waals surface area contributed by atoms with Crippen LogP contribution in [-0.4, -0.2) is 25.4 Å². The van der Waals surface area contributed by atoms with Crippen molar-refractivity contribution in [2.24, 2.45) is 5.84 Å². The minimum Gasteiger partial charge on any atom is -0.382 e. The average molecular weight is 172 g/mol. The molecule has 0 aliphatic rings. The third-order valence-electron chi connectivity index (χ3n) is 1.38. The highest BCUT2D eigenvalue weighted by Gasteiger charge is 2.50. The van der Waals surface area contributed by atoms with Gasteiger partial charge in [-0.05, 0) is 6.92 Å². The van der Waals surface area contributed by atoms with Crippen molar-refractivity contribution in [1.29, 1.82) is 0 Å². The highest BCUT2D eigenvalue weighted by molar-refractivity contribution is 4.88. The molecule has 0 aromatic heterocycles. The van der Waals surface area contributed by atoms with Crippen LogP contribution >= 0.6 is 0 Å². The van der Waals surface area contributed by atoms with Crippen molar-refractivity contribution >= 4 is 0 Å². The first-order valence-electron chi connectivity index (χ1n) is 2.91. The molecule has 0 rings (SSSR count). The predicted molar refractivity (Wildman–Crippen MR) is 33.7 cm³/mol. The summed E-state index contributed by atoms with van der Waals surface area (Å²) in [5, 5.41) is 0. The van der Waals surface area contributed by atoms with Crippen LogP contribution in [0.15, 0.2) is 0 Å². The Hall–Kier alpha value is -0.330. The molecule has 0 aromatic carbocycles. The molecule has 1 atom stereocenters. The number of hydrogen-bond acceptors (Lipinski definition) is 3. The fraction of sp³-hybridized carbons (Fsp3) is 1.00. The number of nitrogens with one attached hydrogen (secondary N) is 1. The number of nitrogens with two attached hydrogens (primary N) is 1. The summed E-state index contributed by atoms with van der Waals surface area (Å²) in [6.45, 7) is 0.420. The van der Waals surface area contributed by atoms with Gasteiger partial charge in [-0.1, -0.05) is 0 Å². The van der Waals surface area contributed by atoms with E-state index < -0.39 is 18.3 Å². The molecule has 0 bridgehead atoms. The van der Waals surface area contributed by atoms with E-state index in [1.54, 1.807) is 5.43 Å². The maximum absolute atomic E-state index is 12.1. The Morgan fingerprint density at radius 2 is 1.91 bits per heavy atom. The molecule has 11 heavy (non-hydrogen) atoms. The minimum absolute atomic E-state index is 0.507. The lowest BCUT2D eigenvalue weighted by atomic mass is 10.1. The zero-order valence-electron chi connectivity index (χ0n) is 6.33. The van der Waals surface area contributed by atoms with Crippen LogP contribution in [0.25, 0.3) is 0 Å². The van der Waals surface area contributed by atoms with Crippen molar-refractivity contribution in [2.45, 2.75) is 18.6 Å². The average Bonchev–Trinajstić information content (AvgIpc) is 1.86. The molecule has 0 saturated heterocycles. The van der Waals surface area contributed by atoms with Crippen molar-refractivity contribution in [1.82, 2.24) is 5.43 Å². The molecule has 3 N–H and O–H groups in total. The second-order valence-electron chi connectivity index (χ2n) is 2.41. The maximum atomic E-state index is 12.1. The van der Waals surface area contributed by atoms with Gasteiger partial charge in [0, 0.05) is 7.11 Å². The third-order valence-corrected chi connectivity index (χ3v) is 1.38. The molecular weight excluding hydrogens is 161 g/mol. The molecule has 0 saturated carbocycles. The number of rotatable bonds is 3. The van der Waals surface area contributed by atoms with E-state index in [4.69, 9.17) is 5.84 Å². The van der Waals surface area contributed by atoms with Gasteiger partial charge < -0.3 is 4.74 Å². The van der Waals surface area contributed by atoms with Crippen LogP contribution in [0.5, 0.6) is 0 Å². The molecular formula is C5H11F3N2O. The summed E-state index contributed by atoms with van der Waals surface area (Å²) in [7, 11) is 1.18. The summed E-state index contributed by atoms with van der Waals surface area (Å²) in [6, 6.07) is 0. The summed E-state index contributed by atoms with van der Waals surface area (Å²) < 4.78 is 40.6. The Kier molecular flexibility index (Phi) is 3.28. The van der Waals surface area contributed by atoms with E-state index in [1.165, 1.54) is 7.11 Å². The number of methoxy groups -OCH3 is 1. The zero-order valence-corrected chi connectivity index (χ0v) is 6.33. The summed E-state index contributed by atoms with van der Waals surface area (Å²) in [5.41, 5.74) is -0.496. The van der Waals surface area contributed by atoms with Crippen molar-refractivity contribution in [3.05, 3.63) is 0 Å². The molecule has 0 radical (unpaired) electrons. The van der Waals surface area contributed by atoms with Gasteiger partial charge in [-0.25, -0.2) is 5.43 Å². The molecule has 0 spiro atoms. The Labute approximate surface area is 62.7 Å². The summed E-state index contributed by atoms with van der Waals surface area (Å²) >= 11 is 0. The topological polar surface area (TPSA) is 47.3 Å². The van der Waals surface area contributed by atoms with Crippen molar-refractivity contribution in [3.8, 4) is 0 Å². The van der Waals surface area contributed by atoms with E-state index in [0.29, 0.717) is 0 Å². The molecule has 0 amide bonds. The van der Waals surface area contributed by atoms with Gasteiger partial charge in [0.05, 0.1) is 6.61 Å². The lowest BCUT2D eigenvalue weighted by molar-refractivity contribution is -0.203. The van der Waals surface area contributed by atoms with Crippen molar-refractivity contribution in [2.75, 3.05) is 13.7 Å². The molecule has 68 valence electrons. The lowest BCUT2D eigenvalue weighted by Gasteiger charge is -2.29. The smallest absolute Gasteiger partial charge is 0.382 e. The second-order valence-corrected chi connectivity index (χ2v) is 2.41. The normalized spacial score (nSPS) is 18.0. The summed E-state index contributed by atoms with van der Waals surface area (Å²) in [6.07, 6.45) is -4.40. The summed E-state index contributed by atoms with van der Waals surface area (Å²) in [4.78, 5) is 0. The number of alkyl halides is 3. The summed E-state index contributed by atoms with van der Waals surface area (Å²) in [5.74, 6) is 4.73. The van der Waals surface area contributed by atoms with Gasteiger partial charge >= 0.3 is 6.18 Å². The van der Waals surface area contributed by atoms with Crippen molar-refractivity contribution in [3.63, 3.8) is 0 Å². The quantitative estimate of drug-likeness (QED) is 0.479. The lowest BCUT2D eigenvalue weighted by Crippen LogP contribution is -2.60. The molecule has 0 aliphatic heterocycles. The molecule has 6 heteroatoms. The largest absolute Gasteiger partial charge is 0.409 e. The van der Waals surface area contributed by atoms with Gasteiger partial charge in [-0.15, -0.1) is 0 Å². The van der Waals surface area contributed by atoms with Crippen LogP contribution in [0.4, 0.5) is 13.2 Å². The Balaban J connectivity index is 4.33. The third kappa shape index (κ3) is 2.32. The highest BCUT2D eigenvalue weighted by atomic mass is 19.4. The van der Waals surface area contributed by atoms with Gasteiger partial charge in [0.15, 0.2) is 0 Å². The number of hydrazine groups is 1. The van der Waals surface area contributed by atoms with E-state index in [0.717, 1.165) is 6.92 Å². The van der Waals surface area contributed by atoms with E-state index in [2.05, 4.69) is 4.74 Å². The van der Waals surface area contributed by atoms with Crippen LogP contribution in [-0.2, 0) is 4.74 Å². The van der Waals surface area contributed by atoms with Crippen LogP contribution in [0.3, 0.4) is 0 Å². The Morgan fingerprint density at radius 3 is 2.00 bits per heavy atom. The van der Waals surface area contributed by atoms with Crippen LogP contribution in [0.2, 0.25) is 0 Å². The van der Waals surface area contributed by atoms with Crippen molar-refractivity contribution < 1.29 is 17.9 Å². The minimum atomic E-state index is -4.40. The fourth-order valence-electron chi connectivity index (χ4n) is 0.494. The standard InChI is InChI=1S/C5H11F3N2O/c1-4(10-9,3-11-2)5(6,7)8/h10H,3,9H2,1-2H3. The first-order valence-corrected chi connectivity index (χ1v) is 2.91. The maximum Gasteiger partial charge on any atom is 0.409 e. The molecule has 1 unspecified atom stereocenters. The molecule has 0 heterocycles. The molecule has 3 nitrogen and oxygen atoms in total. The van der Waals surface area contributed by atoms with Gasteiger partial charge in [0.25, 0.3) is 0 Å². The Morgan fingerprint density at radius 1 is 1.45 bits per heavy atom. The van der Waals surface area contributed by atoms with Crippen LogP contribution in [0.1, 0.15) is 6.92 Å². The molecule has 0 aliphatic carbocycles. The number of hydrogen-bond donors (Lipinski definition) is 2.